The predicted octanol–water partition coefficient (Wildman–Crippen LogP) is 3.23. The number of aryl methyl sites for hydroxylation is 1. The van der Waals surface area contributed by atoms with E-state index in [1.807, 2.05) is 19.1 Å². The molecule has 1 aromatic rings. The van der Waals surface area contributed by atoms with E-state index in [1.54, 1.807) is 11.0 Å². The predicted molar refractivity (Wildman–Crippen MR) is 125 cm³/mol. The van der Waals surface area contributed by atoms with E-state index in [9.17, 15) is 9.59 Å². The maximum atomic E-state index is 12.8. The molecule has 1 fully saturated rings. The molecule has 2 aliphatic rings. The van der Waals surface area contributed by atoms with E-state index >= 15 is 0 Å². The SMILES string of the molecule is CCN1CC(C(=O)NCCCc2ccc(Cl)c(Cl)c2)=C(NCCC2CCCN2C)C1=O. The van der Waals surface area contributed by atoms with Crippen LogP contribution in [0, 0.1) is 0 Å². The summed E-state index contributed by atoms with van der Waals surface area (Å²) in [5.41, 5.74) is 2.08. The molecule has 1 saturated heterocycles. The minimum absolute atomic E-state index is 0.0803. The Morgan fingerprint density at radius 3 is 2.71 bits per heavy atom. The summed E-state index contributed by atoms with van der Waals surface area (Å²) in [6.07, 6.45) is 4.95. The number of likely N-dealkylation sites (N-methyl/N-ethyl adjacent to an activating group) is 1. The van der Waals surface area contributed by atoms with Gasteiger partial charge in [0, 0.05) is 25.7 Å². The Bertz CT molecular complexity index is 843. The van der Waals surface area contributed by atoms with Gasteiger partial charge >= 0.3 is 0 Å². The summed E-state index contributed by atoms with van der Waals surface area (Å²) in [4.78, 5) is 29.6. The number of nitrogens with one attached hydrogen (secondary N) is 2. The van der Waals surface area contributed by atoms with Crippen molar-refractivity contribution in [1.29, 1.82) is 0 Å². The first kappa shape index (κ1) is 23.9. The van der Waals surface area contributed by atoms with Gasteiger partial charge in [-0.25, -0.2) is 0 Å². The molecule has 170 valence electrons. The van der Waals surface area contributed by atoms with Gasteiger partial charge < -0.3 is 20.4 Å². The summed E-state index contributed by atoms with van der Waals surface area (Å²) in [5, 5.41) is 7.32. The van der Waals surface area contributed by atoms with Crippen molar-refractivity contribution < 1.29 is 9.59 Å². The Labute approximate surface area is 194 Å². The normalized spacial score (nSPS) is 19.4. The fraction of sp³-hybridized carbons (Fsp3) is 0.565. The van der Waals surface area contributed by atoms with Crippen molar-refractivity contribution in [2.24, 2.45) is 0 Å². The largest absolute Gasteiger partial charge is 0.380 e. The van der Waals surface area contributed by atoms with Crippen LogP contribution in [0.4, 0.5) is 0 Å². The summed E-state index contributed by atoms with van der Waals surface area (Å²) < 4.78 is 0. The number of likely N-dealkylation sites (tertiary alicyclic amines) is 1. The van der Waals surface area contributed by atoms with Gasteiger partial charge in [-0.05, 0) is 70.3 Å². The molecule has 2 heterocycles. The molecule has 2 amide bonds. The molecular weight excluding hydrogens is 435 g/mol. The maximum Gasteiger partial charge on any atom is 0.270 e. The third-order valence-electron chi connectivity index (χ3n) is 6.17. The zero-order chi connectivity index (χ0) is 22.4. The molecule has 0 saturated carbocycles. The first-order valence-corrected chi connectivity index (χ1v) is 11.8. The molecule has 0 bridgehead atoms. The van der Waals surface area contributed by atoms with Crippen LogP contribution in [0.2, 0.25) is 10.0 Å². The van der Waals surface area contributed by atoms with Gasteiger partial charge in [-0.15, -0.1) is 0 Å². The first-order valence-electron chi connectivity index (χ1n) is 11.1. The molecule has 1 unspecified atom stereocenters. The fourth-order valence-corrected chi connectivity index (χ4v) is 4.58. The highest BCUT2D eigenvalue weighted by molar-refractivity contribution is 6.42. The molecule has 8 heteroatoms. The first-order chi connectivity index (χ1) is 14.9. The topological polar surface area (TPSA) is 64.7 Å². The third-order valence-corrected chi connectivity index (χ3v) is 6.91. The lowest BCUT2D eigenvalue weighted by atomic mass is 10.1. The standard InChI is InChI=1S/C23H32Cl2N4O2/c1-3-29-15-18(21(23(29)31)26-12-10-17-7-5-13-28(17)2)22(30)27-11-4-6-16-8-9-19(24)20(25)14-16/h8-9,14,17,26H,3-7,10-13,15H2,1-2H3,(H,27,30). The molecule has 3 rings (SSSR count). The molecule has 6 nitrogen and oxygen atoms in total. The second-order valence-corrected chi connectivity index (χ2v) is 9.09. The molecule has 0 aromatic heterocycles. The summed E-state index contributed by atoms with van der Waals surface area (Å²) in [5.74, 6) is -0.248. The number of carbonyl (C=O) groups is 2. The lowest BCUT2D eigenvalue weighted by Crippen LogP contribution is -2.33. The van der Waals surface area contributed by atoms with Gasteiger partial charge in [-0.3, -0.25) is 9.59 Å². The number of halogens is 2. The zero-order valence-corrected chi connectivity index (χ0v) is 19.9. The molecule has 31 heavy (non-hydrogen) atoms. The monoisotopic (exact) mass is 466 g/mol. The van der Waals surface area contributed by atoms with Crippen LogP contribution in [-0.2, 0) is 16.0 Å². The fourth-order valence-electron chi connectivity index (χ4n) is 4.26. The third kappa shape index (κ3) is 6.15. The van der Waals surface area contributed by atoms with E-state index in [1.165, 1.54) is 12.8 Å². The highest BCUT2D eigenvalue weighted by Gasteiger charge is 2.33. The van der Waals surface area contributed by atoms with Crippen LogP contribution in [0.5, 0.6) is 0 Å². The van der Waals surface area contributed by atoms with E-state index in [0.29, 0.717) is 53.5 Å². The second kappa shape index (κ2) is 11.2. The van der Waals surface area contributed by atoms with Crippen molar-refractivity contribution in [1.82, 2.24) is 20.4 Å². The van der Waals surface area contributed by atoms with E-state index in [-0.39, 0.29) is 11.8 Å². The van der Waals surface area contributed by atoms with Gasteiger partial charge in [0.15, 0.2) is 0 Å². The minimum atomic E-state index is -0.168. The van der Waals surface area contributed by atoms with Gasteiger partial charge in [0.2, 0.25) is 0 Å². The maximum absolute atomic E-state index is 12.8. The van der Waals surface area contributed by atoms with Crippen LogP contribution in [0.25, 0.3) is 0 Å². The van der Waals surface area contributed by atoms with Crippen molar-refractivity contribution in [3.8, 4) is 0 Å². The van der Waals surface area contributed by atoms with Gasteiger partial charge in [0.05, 0.1) is 22.2 Å². The smallest absolute Gasteiger partial charge is 0.270 e. The van der Waals surface area contributed by atoms with Gasteiger partial charge in [-0.1, -0.05) is 29.3 Å². The van der Waals surface area contributed by atoms with Gasteiger partial charge in [-0.2, -0.15) is 0 Å². The van der Waals surface area contributed by atoms with Crippen molar-refractivity contribution >= 4 is 35.0 Å². The van der Waals surface area contributed by atoms with Crippen LogP contribution in [0.1, 0.15) is 38.2 Å². The molecule has 1 aromatic carbocycles. The summed E-state index contributed by atoms with van der Waals surface area (Å²) in [6, 6.07) is 6.13. The van der Waals surface area contributed by atoms with Crippen molar-refractivity contribution in [2.45, 2.75) is 45.1 Å². The molecule has 2 aliphatic heterocycles. The Balaban J connectivity index is 1.52. The average molecular weight is 467 g/mol. The Morgan fingerprint density at radius 2 is 2.03 bits per heavy atom. The van der Waals surface area contributed by atoms with Crippen molar-refractivity contribution in [3.05, 3.63) is 45.1 Å². The highest BCUT2D eigenvalue weighted by atomic mass is 35.5. The number of benzene rings is 1. The number of rotatable bonds is 10. The number of hydrogen-bond donors (Lipinski definition) is 2. The number of nitrogens with zero attached hydrogens (tertiary/aromatic N) is 2. The van der Waals surface area contributed by atoms with Crippen LogP contribution in [0.15, 0.2) is 29.5 Å². The lowest BCUT2D eigenvalue weighted by molar-refractivity contribution is -0.125. The molecule has 0 aliphatic carbocycles. The second-order valence-electron chi connectivity index (χ2n) is 8.27. The summed E-state index contributed by atoms with van der Waals surface area (Å²) >= 11 is 12.0. The molecule has 0 radical (unpaired) electrons. The van der Waals surface area contributed by atoms with Crippen LogP contribution in [-0.4, -0.2) is 67.4 Å². The van der Waals surface area contributed by atoms with Gasteiger partial charge in [0.1, 0.15) is 5.70 Å². The van der Waals surface area contributed by atoms with Crippen molar-refractivity contribution in [2.75, 3.05) is 39.8 Å². The minimum Gasteiger partial charge on any atom is -0.380 e. The Hall–Kier alpha value is -1.76. The van der Waals surface area contributed by atoms with Crippen LogP contribution >= 0.6 is 23.2 Å². The molecule has 2 N–H and O–H groups in total. The highest BCUT2D eigenvalue weighted by Crippen LogP contribution is 2.23. The number of amides is 2. The van der Waals surface area contributed by atoms with Crippen molar-refractivity contribution in [3.63, 3.8) is 0 Å². The number of carbonyl (C=O) groups excluding carboxylic acids is 2. The lowest BCUT2D eigenvalue weighted by Gasteiger charge is -2.20. The quantitative estimate of drug-likeness (QED) is 0.519. The van der Waals surface area contributed by atoms with E-state index < -0.39 is 0 Å². The van der Waals surface area contributed by atoms with E-state index in [4.69, 9.17) is 23.2 Å². The number of hydrogen-bond acceptors (Lipinski definition) is 4. The zero-order valence-electron chi connectivity index (χ0n) is 18.3. The Morgan fingerprint density at radius 1 is 1.23 bits per heavy atom. The van der Waals surface area contributed by atoms with Crippen LogP contribution in [0.3, 0.4) is 0 Å². The summed E-state index contributed by atoms with van der Waals surface area (Å²) in [6.45, 7) is 5.24. The Kier molecular flexibility index (Phi) is 8.64. The van der Waals surface area contributed by atoms with Crippen LogP contribution < -0.4 is 10.6 Å². The van der Waals surface area contributed by atoms with Gasteiger partial charge in [0.25, 0.3) is 11.8 Å². The molecule has 0 spiro atoms. The average Bonchev–Trinajstić information content (AvgIpc) is 3.30. The van der Waals surface area contributed by atoms with E-state index in [0.717, 1.165) is 31.4 Å². The molecule has 1 atom stereocenters. The molecular formula is C23H32Cl2N4O2. The summed E-state index contributed by atoms with van der Waals surface area (Å²) in [7, 11) is 2.15. The van der Waals surface area contributed by atoms with E-state index in [2.05, 4.69) is 22.6 Å².